The Bertz CT molecular complexity index is 748. The van der Waals surface area contributed by atoms with Crippen molar-refractivity contribution in [3.05, 3.63) is 76.7 Å². The molecule has 106 valence electrons. The Labute approximate surface area is 127 Å². The molecule has 0 aliphatic carbocycles. The fraction of sp³-hybridized carbons (Fsp3) is 0.118. The second-order valence-electron chi connectivity index (χ2n) is 4.87. The van der Waals surface area contributed by atoms with Gasteiger partial charge in [-0.2, -0.15) is 0 Å². The summed E-state index contributed by atoms with van der Waals surface area (Å²) in [6.45, 7) is 1.23. The molecule has 2 nitrogen and oxygen atoms in total. The Kier molecular flexibility index (Phi) is 4.13. The zero-order chi connectivity index (χ0) is 14.7. The number of nitrogens with one attached hydrogen (secondary N) is 1. The van der Waals surface area contributed by atoms with E-state index in [1.54, 1.807) is 12.3 Å². The summed E-state index contributed by atoms with van der Waals surface area (Å²) >= 11 is 5.85. The van der Waals surface area contributed by atoms with Crippen LogP contribution < -0.4 is 5.32 Å². The third kappa shape index (κ3) is 3.38. The highest BCUT2D eigenvalue weighted by atomic mass is 35.5. The van der Waals surface area contributed by atoms with Gasteiger partial charge in [-0.15, -0.1) is 0 Å². The number of para-hydroxylation sites is 1. The molecule has 0 unspecified atom stereocenters. The highest BCUT2D eigenvalue weighted by Gasteiger charge is 2.03. The number of benzene rings is 2. The second-order valence-corrected chi connectivity index (χ2v) is 5.31. The van der Waals surface area contributed by atoms with Gasteiger partial charge in [-0.3, -0.25) is 4.98 Å². The zero-order valence-corrected chi connectivity index (χ0v) is 12.1. The lowest BCUT2D eigenvalue weighted by molar-refractivity contribution is 0.620. The van der Waals surface area contributed by atoms with Crippen LogP contribution in [0.1, 0.15) is 11.1 Å². The number of halogens is 2. The number of hydrogen-bond acceptors (Lipinski definition) is 2. The summed E-state index contributed by atoms with van der Waals surface area (Å²) in [5, 5.41) is 4.83. The minimum atomic E-state index is -0.314. The van der Waals surface area contributed by atoms with Crippen molar-refractivity contribution in [3.8, 4) is 0 Å². The normalized spacial score (nSPS) is 11.0. The number of nitrogens with zero attached hydrogens (tertiary/aromatic N) is 1. The summed E-state index contributed by atoms with van der Waals surface area (Å²) in [4.78, 5) is 4.41. The van der Waals surface area contributed by atoms with Crippen molar-refractivity contribution in [2.24, 2.45) is 0 Å². The molecule has 0 fully saturated rings. The molecule has 4 heteroatoms. The van der Waals surface area contributed by atoms with E-state index in [2.05, 4.69) is 10.3 Å². The number of pyridine rings is 1. The lowest BCUT2D eigenvalue weighted by Crippen LogP contribution is -2.13. The van der Waals surface area contributed by atoms with E-state index in [0.29, 0.717) is 18.1 Å². The Balaban J connectivity index is 1.72. The van der Waals surface area contributed by atoms with Crippen LogP contribution in [-0.2, 0) is 13.1 Å². The largest absolute Gasteiger partial charge is 0.309 e. The van der Waals surface area contributed by atoms with Gasteiger partial charge in [0.2, 0.25) is 0 Å². The Hall–Kier alpha value is -1.97. The van der Waals surface area contributed by atoms with Crippen LogP contribution in [0.15, 0.2) is 54.7 Å². The predicted octanol–water partition coefficient (Wildman–Crippen LogP) is 4.32. The van der Waals surface area contributed by atoms with Crippen LogP contribution in [0.25, 0.3) is 10.9 Å². The molecule has 0 radical (unpaired) electrons. The number of hydrogen-bond donors (Lipinski definition) is 1. The summed E-state index contributed by atoms with van der Waals surface area (Å²) in [5.74, 6) is -0.314. The molecule has 0 saturated carbocycles. The first kappa shape index (κ1) is 14.0. The van der Waals surface area contributed by atoms with Gasteiger partial charge < -0.3 is 5.32 Å². The van der Waals surface area contributed by atoms with Crippen molar-refractivity contribution in [1.29, 1.82) is 0 Å². The van der Waals surface area contributed by atoms with Crippen LogP contribution in [0, 0.1) is 5.82 Å². The van der Waals surface area contributed by atoms with Crippen LogP contribution in [0.5, 0.6) is 0 Å². The van der Waals surface area contributed by atoms with Crippen molar-refractivity contribution in [1.82, 2.24) is 10.3 Å². The summed E-state index contributed by atoms with van der Waals surface area (Å²) in [6.07, 6.45) is 1.79. The topological polar surface area (TPSA) is 24.9 Å². The van der Waals surface area contributed by atoms with Crippen molar-refractivity contribution < 1.29 is 4.39 Å². The van der Waals surface area contributed by atoms with E-state index in [4.69, 9.17) is 11.6 Å². The van der Waals surface area contributed by atoms with Crippen molar-refractivity contribution >= 4 is 22.5 Å². The molecular weight excluding hydrogens is 287 g/mol. The Morgan fingerprint density at radius 3 is 2.76 bits per heavy atom. The molecule has 0 aliphatic heterocycles. The third-order valence-corrected chi connectivity index (χ3v) is 3.50. The molecule has 3 aromatic rings. The minimum Gasteiger partial charge on any atom is -0.309 e. The van der Waals surface area contributed by atoms with Gasteiger partial charge in [0.15, 0.2) is 0 Å². The monoisotopic (exact) mass is 300 g/mol. The van der Waals surface area contributed by atoms with E-state index in [9.17, 15) is 4.39 Å². The molecule has 1 N–H and O–H groups in total. The van der Waals surface area contributed by atoms with Crippen LogP contribution in [0.2, 0.25) is 5.02 Å². The summed E-state index contributed by atoms with van der Waals surface area (Å²) in [5.41, 5.74) is 2.94. The molecule has 1 heterocycles. The van der Waals surface area contributed by atoms with Crippen molar-refractivity contribution in [2.75, 3.05) is 0 Å². The van der Waals surface area contributed by atoms with Crippen LogP contribution >= 0.6 is 11.6 Å². The SMILES string of the molecule is Fc1cc(Cl)cc(CNCc2cccc3cccnc23)c1. The molecule has 0 atom stereocenters. The standard InChI is InChI=1S/C17H14ClFN2/c18-15-7-12(8-16(19)9-15)10-20-11-14-4-1-3-13-5-2-6-21-17(13)14/h1-9,20H,10-11H2. The smallest absolute Gasteiger partial charge is 0.125 e. The third-order valence-electron chi connectivity index (χ3n) is 3.28. The van der Waals surface area contributed by atoms with Gasteiger partial charge in [-0.05, 0) is 35.4 Å². The highest BCUT2D eigenvalue weighted by Crippen LogP contribution is 2.17. The fourth-order valence-electron chi connectivity index (χ4n) is 2.36. The molecule has 3 rings (SSSR count). The zero-order valence-electron chi connectivity index (χ0n) is 11.3. The summed E-state index contributed by atoms with van der Waals surface area (Å²) in [7, 11) is 0. The van der Waals surface area contributed by atoms with Crippen molar-refractivity contribution in [2.45, 2.75) is 13.1 Å². The molecular formula is C17H14ClFN2. The maximum absolute atomic E-state index is 13.3. The number of rotatable bonds is 4. The lowest BCUT2D eigenvalue weighted by Gasteiger charge is -2.08. The van der Waals surface area contributed by atoms with Gasteiger partial charge >= 0.3 is 0 Å². The van der Waals surface area contributed by atoms with Gasteiger partial charge in [-0.25, -0.2) is 4.39 Å². The molecule has 0 saturated heterocycles. The maximum atomic E-state index is 13.3. The van der Waals surface area contributed by atoms with Gasteiger partial charge in [0.1, 0.15) is 5.82 Å². The molecule has 0 aliphatic rings. The molecule has 0 amide bonds. The first-order valence-electron chi connectivity index (χ1n) is 6.71. The van der Waals surface area contributed by atoms with E-state index in [1.165, 1.54) is 12.1 Å². The van der Waals surface area contributed by atoms with E-state index in [-0.39, 0.29) is 5.82 Å². The van der Waals surface area contributed by atoms with E-state index >= 15 is 0 Å². The van der Waals surface area contributed by atoms with Crippen LogP contribution in [-0.4, -0.2) is 4.98 Å². The number of aromatic nitrogens is 1. The second kappa shape index (κ2) is 6.20. The Morgan fingerprint density at radius 2 is 1.90 bits per heavy atom. The first-order chi connectivity index (χ1) is 10.2. The van der Waals surface area contributed by atoms with Crippen LogP contribution in [0.4, 0.5) is 4.39 Å². The molecule has 21 heavy (non-hydrogen) atoms. The quantitative estimate of drug-likeness (QED) is 0.776. The van der Waals surface area contributed by atoms with E-state index < -0.39 is 0 Å². The summed E-state index contributed by atoms with van der Waals surface area (Å²) < 4.78 is 13.3. The average molecular weight is 301 g/mol. The molecule has 0 spiro atoms. The fourth-order valence-corrected chi connectivity index (χ4v) is 2.61. The predicted molar refractivity (Wildman–Crippen MR) is 83.7 cm³/mol. The van der Waals surface area contributed by atoms with E-state index in [0.717, 1.165) is 22.0 Å². The summed E-state index contributed by atoms with van der Waals surface area (Å²) in [6, 6.07) is 14.6. The Morgan fingerprint density at radius 1 is 1.05 bits per heavy atom. The lowest BCUT2D eigenvalue weighted by atomic mass is 10.1. The number of fused-ring (bicyclic) bond motifs is 1. The molecule has 0 bridgehead atoms. The van der Waals surface area contributed by atoms with Gasteiger partial charge in [0, 0.05) is 29.7 Å². The van der Waals surface area contributed by atoms with E-state index in [1.807, 2.05) is 30.3 Å². The van der Waals surface area contributed by atoms with Gasteiger partial charge in [0.05, 0.1) is 5.52 Å². The first-order valence-corrected chi connectivity index (χ1v) is 7.08. The minimum absolute atomic E-state index is 0.314. The average Bonchev–Trinajstić information content (AvgIpc) is 2.46. The highest BCUT2D eigenvalue weighted by molar-refractivity contribution is 6.30. The molecule has 1 aromatic heterocycles. The maximum Gasteiger partial charge on any atom is 0.125 e. The van der Waals surface area contributed by atoms with Crippen molar-refractivity contribution in [3.63, 3.8) is 0 Å². The van der Waals surface area contributed by atoms with Crippen LogP contribution in [0.3, 0.4) is 0 Å². The van der Waals surface area contributed by atoms with Gasteiger partial charge in [-0.1, -0.05) is 35.9 Å². The molecule has 2 aromatic carbocycles. The van der Waals surface area contributed by atoms with Gasteiger partial charge in [0.25, 0.3) is 0 Å².